The van der Waals surface area contributed by atoms with Gasteiger partial charge >= 0.3 is 11.9 Å². The number of nitrogens with two attached hydrogens (primary N) is 3. The van der Waals surface area contributed by atoms with Crippen molar-refractivity contribution in [1.29, 1.82) is 0 Å². The van der Waals surface area contributed by atoms with E-state index in [1.807, 2.05) is 0 Å². The first kappa shape index (κ1) is 62.1. The van der Waals surface area contributed by atoms with Crippen LogP contribution in [0.4, 0.5) is 0 Å². The van der Waals surface area contributed by atoms with Gasteiger partial charge in [0.05, 0.1) is 25.6 Å². The largest absolute Gasteiger partial charge is 0.508 e. The molecule has 0 aliphatic heterocycles. The van der Waals surface area contributed by atoms with E-state index in [4.69, 9.17) is 17.2 Å². The topological polar surface area (TPSA) is 443 Å². The molecule has 0 aliphatic rings. The molecule has 26 heteroatoms. The number of aliphatic carboxylic acids is 2. The van der Waals surface area contributed by atoms with E-state index < -0.39 is 164 Å². The van der Waals surface area contributed by atoms with Crippen LogP contribution in [0.15, 0.2) is 24.3 Å². The average Bonchev–Trinajstić information content (AvgIpc) is 3.30. The van der Waals surface area contributed by atoms with Crippen molar-refractivity contribution < 1.29 is 73.2 Å². The number of carboxylic acid groups (broad SMARTS) is 2. The summed E-state index contributed by atoms with van der Waals surface area (Å²) in [4.78, 5) is 142. The number of unbranched alkanes of at least 4 members (excludes halogenated alkanes) is 1. The second-order valence-corrected chi connectivity index (χ2v) is 17.7. The van der Waals surface area contributed by atoms with E-state index in [-0.39, 0.29) is 12.2 Å². The quantitative estimate of drug-likeness (QED) is 0.0299. The lowest BCUT2D eigenvalue weighted by atomic mass is 9.98. The highest BCUT2D eigenvalue weighted by Gasteiger charge is 2.36. The number of carboxylic acids is 2. The fourth-order valence-corrected chi connectivity index (χ4v) is 6.70. The minimum absolute atomic E-state index is 0.0307. The van der Waals surface area contributed by atoms with Gasteiger partial charge in [0, 0.05) is 12.8 Å². The van der Waals surface area contributed by atoms with Crippen molar-refractivity contribution >= 4 is 65.1 Å². The Kier molecular flexibility index (Phi) is 27.4. The highest BCUT2D eigenvalue weighted by atomic mass is 16.4. The van der Waals surface area contributed by atoms with Crippen LogP contribution in [0, 0.1) is 17.8 Å². The van der Waals surface area contributed by atoms with Gasteiger partial charge < -0.3 is 80.2 Å². The summed E-state index contributed by atoms with van der Waals surface area (Å²) in [5.41, 5.74) is 17.4. The molecule has 0 heterocycles. The summed E-state index contributed by atoms with van der Waals surface area (Å²) in [5, 5.41) is 57.9. The molecule has 1 aromatic carbocycles. The highest BCUT2D eigenvalue weighted by molar-refractivity contribution is 5.98. The number of hydrogen-bond donors (Lipinski definition) is 15. The molecule has 0 aliphatic carbocycles. The number of hydrogen-bond acceptors (Lipinski definition) is 15. The van der Waals surface area contributed by atoms with Crippen LogP contribution < -0.4 is 59.7 Å². The number of phenolic OH excluding ortho intramolecular Hbond substituents is 1. The molecule has 9 amide bonds. The Labute approximate surface area is 411 Å². The second-order valence-electron chi connectivity index (χ2n) is 17.7. The molecule has 0 aromatic heterocycles. The monoisotopic (exact) mass is 1010 g/mol. The summed E-state index contributed by atoms with van der Waals surface area (Å²) in [6.45, 7) is 7.99. The Balaban J connectivity index is 3.18. The van der Waals surface area contributed by atoms with Gasteiger partial charge in [-0.25, -0.2) is 4.79 Å². The van der Waals surface area contributed by atoms with Crippen molar-refractivity contribution in [2.24, 2.45) is 35.0 Å². The number of carbonyl (C=O) groups is 11. The molecule has 71 heavy (non-hydrogen) atoms. The van der Waals surface area contributed by atoms with Gasteiger partial charge in [-0.3, -0.25) is 47.9 Å². The van der Waals surface area contributed by atoms with Crippen LogP contribution in [0.5, 0.6) is 5.75 Å². The maximum Gasteiger partial charge on any atom is 0.326 e. The number of aliphatic hydroxyl groups excluding tert-OH is 1. The number of rotatable bonds is 33. The van der Waals surface area contributed by atoms with Gasteiger partial charge in [0.2, 0.25) is 53.2 Å². The van der Waals surface area contributed by atoms with Gasteiger partial charge in [0.1, 0.15) is 48.0 Å². The van der Waals surface area contributed by atoms with Crippen molar-refractivity contribution in [3.05, 3.63) is 29.8 Å². The number of benzene rings is 1. The van der Waals surface area contributed by atoms with E-state index in [0.717, 1.165) is 0 Å². The van der Waals surface area contributed by atoms with Crippen LogP contribution in [0.25, 0.3) is 0 Å². The maximum atomic E-state index is 13.7. The van der Waals surface area contributed by atoms with Crippen LogP contribution in [-0.2, 0) is 59.2 Å². The molecule has 9 unspecified atom stereocenters. The van der Waals surface area contributed by atoms with Crippen LogP contribution >= 0.6 is 0 Å². The van der Waals surface area contributed by atoms with Crippen LogP contribution in [0.1, 0.15) is 92.1 Å². The van der Waals surface area contributed by atoms with E-state index in [0.29, 0.717) is 37.8 Å². The first-order chi connectivity index (χ1) is 33.3. The second kappa shape index (κ2) is 31.3. The summed E-state index contributed by atoms with van der Waals surface area (Å²) in [7, 11) is 0. The minimum atomic E-state index is -1.85. The number of phenols is 1. The number of aromatic hydroxyl groups is 1. The van der Waals surface area contributed by atoms with Crippen molar-refractivity contribution in [2.75, 3.05) is 19.7 Å². The lowest BCUT2D eigenvalue weighted by Gasteiger charge is -2.29. The molecule has 1 rings (SSSR count). The Hall–Kier alpha value is -6.93. The molecular weight excluding hydrogens is 935 g/mol. The molecule has 0 spiro atoms. The fourth-order valence-electron chi connectivity index (χ4n) is 6.70. The minimum Gasteiger partial charge on any atom is -0.508 e. The number of primary amides is 1. The van der Waals surface area contributed by atoms with E-state index in [9.17, 15) is 73.2 Å². The molecule has 0 saturated heterocycles. The van der Waals surface area contributed by atoms with Gasteiger partial charge in [-0.15, -0.1) is 0 Å². The standard InChI is InChI=1S/C45H73N11O15/c1-7-24(6)37(45(70)71)56-41(66)30(19-34(61)62)52-40(65)28(15-16-32(48)59)50-44(69)36(23(4)5)55-42(67)31(21-57)53-43(68)35(22(2)3)54-33(60)20-49-39(64)29(18-25-11-13-26(58)14-12-25)51-38(63)27(47)10-8-9-17-46/h11-14,22-24,27-31,35-37,57-58H,7-10,15-21,46-47H2,1-6H3,(H2,48,59)(H,49,64)(H,50,69)(H,51,63)(H,52,65)(H,53,68)(H,54,60)(H,55,67)(H,56,66)(H,61,62)(H,70,71). The smallest absolute Gasteiger partial charge is 0.326 e. The van der Waals surface area contributed by atoms with Gasteiger partial charge in [0.15, 0.2) is 0 Å². The SMILES string of the molecule is CCC(C)C(NC(=O)C(CC(=O)O)NC(=O)C(CCC(N)=O)NC(=O)C(NC(=O)C(CO)NC(=O)C(NC(=O)CNC(=O)C(Cc1ccc(O)cc1)NC(=O)C(N)CCCCN)C(C)C)C(C)C)C(=O)O. The molecule has 9 atom stereocenters. The molecular formula is C45H73N11O15. The molecule has 398 valence electrons. The van der Waals surface area contributed by atoms with Crippen molar-refractivity contribution in [3.8, 4) is 5.75 Å². The molecule has 18 N–H and O–H groups in total. The highest BCUT2D eigenvalue weighted by Crippen LogP contribution is 2.13. The summed E-state index contributed by atoms with van der Waals surface area (Å²) in [5.74, 6) is -13.6. The number of amides is 9. The Morgan fingerprint density at radius 2 is 1.11 bits per heavy atom. The molecule has 0 fully saturated rings. The van der Waals surface area contributed by atoms with E-state index >= 15 is 0 Å². The molecule has 0 saturated carbocycles. The zero-order chi connectivity index (χ0) is 54.1. The van der Waals surface area contributed by atoms with Gasteiger partial charge in [-0.2, -0.15) is 0 Å². The third kappa shape index (κ3) is 22.6. The first-order valence-electron chi connectivity index (χ1n) is 23.2. The predicted octanol–water partition coefficient (Wildman–Crippen LogP) is -3.92. The third-order valence-electron chi connectivity index (χ3n) is 11.2. The molecule has 0 radical (unpaired) electrons. The summed E-state index contributed by atoms with van der Waals surface area (Å²) < 4.78 is 0. The van der Waals surface area contributed by atoms with E-state index in [2.05, 4.69) is 42.5 Å². The Bertz CT molecular complexity index is 2000. The van der Waals surface area contributed by atoms with Gasteiger partial charge in [0.25, 0.3) is 0 Å². The summed E-state index contributed by atoms with van der Waals surface area (Å²) in [6, 6.07) is -5.87. The average molecular weight is 1010 g/mol. The number of nitrogens with one attached hydrogen (secondary N) is 8. The van der Waals surface area contributed by atoms with E-state index in [1.54, 1.807) is 20.8 Å². The van der Waals surface area contributed by atoms with Crippen LogP contribution in [0.3, 0.4) is 0 Å². The number of aliphatic hydroxyl groups is 1. The van der Waals surface area contributed by atoms with E-state index in [1.165, 1.54) is 45.0 Å². The van der Waals surface area contributed by atoms with Gasteiger partial charge in [-0.1, -0.05) is 66.5 Å². The molecule has 0 bridgehead atoms. The van der Waals surface area contributed by atoms with Crippen LogP contribution in [-0.4, -0.2) is 154 Å². The lowest BCUT2D eigenvalue weighted by Crippen LogP contribution is -2.61. The fraction of sp³-hybridized carbons (Fsp3) is 0.622. The maximum absolute atomic E-state index is 13.7. The van der Waals surface area contributed by atoms with Crippen molar-refractivity contribution in [3.63, 3.8) is 0 Å². The van der Waals surface area contributed by atoms with Crippen molar-refractivity contribution in [2.45, 2.75) is 141 Å². The number of carbonyl (C=O) groups excluding carboxylic acids is 9. The predicted molar refractivity (Wildman–Crippen MR) is 254 cm³/mol. The zero-order valence-electron chi connectivity index (χ0n) is 41.0. The van der Waals surface area contributed by atoms with Crippen molar-refractivity contribution in [1.82, 2.24) is 42.5 Å². The van der Waals surface area contributed by atoms with Gasteiger partial charge in [-0.05, 0) is 61.3 Å². The Morgan fingerprint density at radius 3 is 1.62 bits per heavy atom. The van der Waals surface area contributed by atoms with Crippen LogP contribution in [0.2, 0.25) is 0 Å². The summed E-state index contributed by atoms with van der Waals surface area (Å²) in [6.07, 6.45) is -0.206. The summed E-state index contributed by atoms with van der Waals surface area (Å²) >= 11 is 0. The zero-order valence-corrected chi connectivity index (χ0v) is 41.0. The first-order valence-corrected chi connectivity index (χ1v) is 23.2. The normalized spacial score (nSPS) is 14.9. The lowest BCUT2D eigenvalue weighted by molar-refractivity contribution is -0.145. The Morgan fingerprint density at radius 1 is 0.606 bits per heavy atom. The molecule has 26 nitrogen and oxygen atoms in total. The third-order valence-corrected chi connectivity index (χ3v) is 11.2. The molecule has 1 aromatic rings.